The van der Waals surface area contributed by atoms with Gasteiger partial charge >= 0.3 is 0 Å². The van der Waals surface area contributed by atoms with Gasteiger partial charge in [0.1, 0.15) is 0 Å². The van der Waals surface area contributed by atoms with Crippen molar-refractivity contribution >= 4 is 22.5 Å². The molecule has 0 fully saturated rings. The molecule has 0 saturated carbocycles. The third-order valence-corrected chi connectivity index (χ3v) is 2.00. The zero-order chi connectivity index (χ0) is 11.5. The summed E-state index contributed by atoms with van der Waals surface area (Å²) in [5.74, 6) is -0.649. The van der Waals surface area contributed by atoms with E-state index in [1.54, 1.807) is 24.4 Å². The van der Waals surface area contributed by atoms with Gasteiger partial charge in [-0.25, -0.2) is 0 Å². The number of carbonyl (C=O) groups excluding carboxylic acids is 1. The number of anilines is 1. The molecule has 0 aliphatic rings. The minimum atomic E-state index is -0.735. The number of benzene rings is 1. The van der Waals surface area contributed by atoms with Crippen LogP contribution in [-0.2, 0) is 4.79 Å². The molecule has 82 valence electrons. The van der Waals surface area contributed by atoms with Gasteiger partial charge in [0.2, 0.25) is 0 Å². The van der Waals surface area contributed by atoms with E-state index in [1.165, 1.54) is 0 Å². The first-order chi connectivity index (χ1) is 7.65. The number of hydrogen-bond donors (Lipinski definition) is 2. The molecular weight excluding hydrogens is 212 g/mol. The summed E-state index contributed by atoms with van der Waals surface area (Å²) in [5, 5.41) is 20.0. The smallest absolute Gasteiger partial charge is 0.296 e. The molecule has 0 atom stereocenters. The van der Waals surface area contributed by atoms with E-state index in [4.69, 9.17) is 0 Å². The minimum Gasteiger partial charge on any atom is -0.320 e. The summed E-state index contributed by atoms with van der Waals surface area (Å²) < 4.78 is 0. The summed E-state index contributed by atoms with van der Waals surface area (Å²) in [6, 6.07) is 5.09. The van der Waals surface area contributed by atoms with Crippen LogP contribution >= 0.6 is 0 Å². The summed E-state index contributed by atoms with van der Waals surface area (Å²) in [6.07, 6.45) is 1.65. The van der Waals surface area contributed by atoms with E-state index >= 15 is 0 Å². The fourth-order valence-corrected chi connectivity index (χ4v) is 1.33. The van der Waals surface area contributed by atoms with Gasteiger partial charge in [0.15, 0.2) is 0 Å². The fraction of sp³-hybridized carbons (Fsp3) is 0.111. The highest BCUT2D eigenvalue weighted by Crippen LogP contribution is 2.16. The maximum atomic E-state index is 11.1. The van der Waals surface area contributed by atoms with Gasteiger partial charge in [0.05, 0.1) is 11.7 Å². The van der Waals surface area contributed by atoms with Crippen LogP contribution in [0.15, 0.2) is 24.4 Å². The molecule has 16 heavy (non-hydrogen) atoms. The minimum absolute atomic E-state index is 0.503. The largest absolute Gasteiger partial charge is 0.320 e. The van der Waals surface area contributed by atoms with Gasteiger partial charge in [-0.3, -0.25) is 20.0 Å². The highest BCUT2D eigenvalue weighted by Gasteiger charge is 2.09. The quantitative estimate of drug-likeness (QED) is 0.589. The van der Waals surface area contributed by atoms with Crippen molar-refractivity contribution in [1.82, 2.24) is 10.2 Å². The van der Waals surface area contributed by atoms with Gasteiger partial charge in [0.25, 0.3) is 12.5 Å². The van der Waals surface area contributed by atoms with Crippen molar-refractivity contribution in [3.8, 4) is 0 Å². The molecule has 7 heteroatoms. The molecule has 1 heterocycles. The highest BCUT2D eigenvalue weighted by atomic mass is 16.6. The number of rotatable bonds is 3. The van der Waals surface area contributed by atoms with Gasteiger partial charge < -0.3 is 5.32 Å². The predicted octanol–water partition coefficient (Wildman–Crippen LogP) is 0.778. The molecule has 0 aliphatic carbocycles. The van der Waals surface area contributed by atoms with Gasteiger partial charge in [0, 0.05) is 16.0 Å². The number of carbonyl (C=O) groups is 1. The molecule has 1 aromatic heterocycles. The standard InChI is InChI=1S/C9H8N4O3/c14-9(5-13(15)16)11-7-2-1-6-4-10-12-8(6)3-7/h1-4H,5H2,(H,10,12)(H,11,14). The second-order valence-corrected chi connectivity index (χ2v) is 3.21. The lowest BCUT2D eigenvalue weighted by Gasteiger charge is -2.01. The normalized spacial score (nSPS) is 10.2. The van der Waals surface area contributed by atoms with Gasteiger partial charge in [-0.05, 0) is 18.2 Å². The second-order valence-electron chi connectivity index (χ2n) is 3.21. The van der Waals surface area contributed by atoms with Crippen LogP contribution in [0, 0.1) is 10.1 Å². The molecule has 0 radical (unpaired) electrons. The number of H-pyrrole nitrogens is 1. The molecule has 2 aromatic rings. The lowest BCUT2D eigenvalue weighted by atomic mass is 10.2. The number of nitrogens with one attached hydrogen (secondary N) is 2. The lowest BCUT2D eigenvalue weighted by Crippen LogP contribution is -2.21. The Morgan fingerprint density at radius 2 is 2.38 bits per heavy atom. The van der Waals surface area contributed by atoms with Crippen molar-refractivity contribution in [2.45, 2.75) is 0 Å². The first kappa shape index (κ1) is 10.1. The Labute approximate surface area is 89.6 Å². The average molecular weight is 220 g/mol. The van der Waals surface area contributed by atoms with Crippen molar-refractivity contribution in [3.63, 3.8) is 0 Å². The van der Waals surface area contributed by atoms with Crippen molar-refractivity contribution in [2.24, 2.45) is 0 Å². The van der Waals surface area contributed by atoms with Gasteiger partial charge in [-0.1, -0.05) is 0 Å². The summed E-state index contributed by atoms with van der Waals surface area (Å²) in [7, 11) is 0. The highest BCUT2D eigenvalue weighted by molar-refractivity contribution is 5.93. The summed E-state index contributed by atoms with van der Waals surface area (Å²) >= 11 is 0. The third kappa shape index (κ3) is 2.14. The molecule has 0 saturated heterocycles. The van der Waals surface area contributed by atoms with Crippen LogP contribution in [0.4, 0.5) is 5.69 Å². The van der Waals surface area contributed by atoms with E-state index in [9.17, 15) is 14.9 Å². The number of amides is 1. The Bertz CT molecular complexity index is 548. The van der Waals surface area contributed by atoms with Crippen molar-refractivity contribution < 1.29 is 9.72 Å². The Kier molecular flexibility index (Phi) is 2.50. The lowest BCUT2D eigenvalue weighted by molar-refractivity contribution is -0.467. The van der Waals surface area contributed by atoms with Gasteiger partial charge in [-0.2, -0.15) is 5.10 Å². The Morgan fingerprint density at radius 3 is 3.12 bits per heavy atom. The van der Waals surface area contributed by atoms with Crippen LogP contribution in [0.2, 0.25) is 0 Å². The predicted molar refractivity (Wildman–Crippen MR) is 56.6 cm³/mol. The van der Waals surface area contributed by atoms with E-state index in [-0.39, 0.29) is 0 Å². The average Bonchev–Trinajstić information content (AvgIpc) is 2.63. The zero-order valence-corrected chi connectivity index (χ0v) is 8.14. The molecule has 7 nitrogen and oxygen atoms in total. The molecule has 0 spiro atoms. The number of fused-ring (bicyclic) bond motifs is 1. The third-order valence-electron chi connectivity index (χ3n) is 2.00. The summed E-state index contributed by atoms with van der Waals surface area (Å²) in [4.78, 5) is 20.5. The van der Waals surface area contributed by atoms with E-state index in [0.29, 0.717) is 5.69 Å². The molecule has 0 unspecified atom stereocenters. The number of nitrogens with zero attached hydrogens (tertiary/aromatic N) is 2. The van der Waals surface area contributed by atoms with Crippen molar-refractivity contribution in [1.29, 1.82) is 0 Å². The van der Waals surface area contributed by atoms with E-state index in [1.807, 2.05) is 0 Å². The summed E-state index contributed by atoms with van der Waals surface area (Å²) in [6.45, 7) is -0.735. The van der Waals surface area contributed by atoms with Crippen LogP contribution in [-0.4, -0.2) is 27.6 Å². The van der Waals surface area contributed by atoms with Crippen molar-refractivity contribution in [3.05, 3.63) is 34.5 Å². The first-order valence-corrected chi connectivity index (χ1v) is 4.50. The summed E-state index contributed by atoms with van der Waals surface area (Å²) in [5.41, 5.74) is 1.27. The first-order valence-electron chi connectivity index (χ1n) is 4.50. The number of aromatic amines is 1. The van der Waals surface area contributed by atoms with Crippen LogP contribution in [0.5, 0.6) is 0 Å². The van der Waals surface area contributed by atoms with Crippen LogP contribution in [0.1, 0.15) is 0 Å². The van der Waals surface area contributed by atoms with Crippen LogP contribution < -0.4 is 5.32 Å². The topological polar surface area (TPSA) is 101 Å². The fourth-order valence-electron chi connectivity index (χ4n) is 1.33. The Balaban J connectivity index is 2.14. The Hall–Kier alpha value is -2.44. The monoisotopic (exact) mass is 220 g/mol. The van der Waals surface area contributed by atoms with E-state index in [2.05, 4.69) is 15.5 Å². The molecular formula is C9H8N4O3. The maximum Gasteiger partial charge on any atom is 0.296 e. The SMILES string of the molecule is O=C(C[N+](=O)[O-])Nc1ccc2cn[nH]c2c1. The molecule has 1 aromatic carbocycles. The van der Waals surface area contributed by atoms with Crippen LogP contribution in [0.25, 0.3) is 10.9 Å². The van der Waals surface area contributed by atoms with E-state index in [0.717, 1.165) is 10.9 Å². The molecule has 1 amide bonds. The number of aromatic nitrogens is 2. The molecule has 0 aliphatic heterocycles. The van der Waals surface area contributed by atoms with Crippen LogP contribution in [0.3, 0.4) is 0 Å². The second kappa shape index (κ2) is 3.97. The maximum absolute atomic E-state index is 11.1. The van der Waals surface area contributed by atoms with E-state index < -0.39 is 17.4 Å². The molecule has 2 N–H and O–H groups in total. The zero-order valence-electron chi connectivity index (χ0n) is 8.14. The number of nitro groups is 1. The molecule has 2 rings (SSSR count). The Morgan fingerprint density at radius 1 is 1.56 bits per heavy atom. The molecule has 0 bridgehead atoms. The number of hydrogen-bond acceptors (Lipinski definition) is 4. The van der Waals surface area contributed by atoms with Crippen molar-refractivity contribution in [2.75, 3.05) is 11.9 Å². The van der Waals surface area contributed by atoms with Gasteiger partial charge in [-0.15, -0.1) is 0 Å².